The van der Waals surface area contributed by atoms with Gasteiger partial charge in [0.2, 0.25) is 0 Å². The number of hydrogen-bond donors (Lipinski definition) is 0. The predicted octanol–water partition coefficient (Wildman–Crippen LogP) is 6.03. The van der Waals surface area contributed by atoms with E-state index in [-0.39, 0.29) is 5.41 Å². The third-order valence-electron chi connectivity index (χ3n) is 6.68. The molecule has 2 aliphatic carbocycles. The molecule has 0 aromatic heterocycles. The molecule has 0 bridgehead atoms. The Bertz CT molecular complexity index is 903. The lowest BCUT2D eigenvalue weighted by atomic mass is 9.59. The summed E-state index contributed by atoms with van der Waals surface area (Å²) < 4.78 is 0. The zero-order valence-electron chi connectivity index (χ0n) is 16.2. The van der Waals surface area contributed by atoms with Crippen LogP contribution in [0.1, 0.15) is 43.4 Å². The maximum Gasteiger partial charge on any atom is 0.0244 e. The Balaban J connectivity index is 1.46. The molecule has 27 heavy (non-hydrogen) atoms. The van der Waals surface area contributed by atoms with Gasteiger partial charge in [0.25, 0.3) is 0 Å². The third-order valence-corrected chi connectivity index (χ3v) is 6.68. The quantitative estimate of drug-likeness (QED) is 0.554. The van der Waals surface area contributed by atoms with Crippen LogP contribution in [0.4, 0.5) is 0 Å². The summed E-state index contributed by atoms with van der Waals surface area (Å²) in [5.41, 5.74) is 7.63. The van der Waals surface area contributed by atoms with Crippen molar-refractivity contribution < 1.29 is 0 Å². The minimum atomic E-state index is 0.224. The minimum absolute atomic E-state index is 0.224. The molecule has 3 aromatic carbocycles. The molecular formula is C26H27N. The molecular weight excluding hydrogens is 326 g/mol. The van der Waals surface area contributed by atoms with Crippen LogP contribution in [0.3, 0.4) is 0 Å². The zero-order valence-corrected chi connectivity index (χ0v) is 16.2. The molecule has 0 radical (unpaired) electrons. The van der Waals surface area contributed by atoms with Crippen LogP contribution in [0.2, 0.25) is 0 Å². The Labute approximate surface area is 162 Å². The van der Waals surface area contributed by atoms with Crippen LogP contribution < -0.4 is 0 Å². The third kappa shape index (κ3) is 2.56. The van der Waals surface area contributed by atoms with Crippen molar-refractivity contribution in [1.82, 2.24) is 4.90 Å². The monoisotopic (exact) mass is 353 g/mol. The summed E-state index contributed by atoms with van der Waals surface area (Å²) >= 11 is 0. The lowest BCUT2D eigenvalue weighted by Gasteiger charge is -2.52. The van der Waals surface area contributed by atoms with Gasteiger partial charge in [-0.25, -0.2) is 0 Å². The molecule has 1 spiro atoms. The largest absolute Gasteiger partial charge is 0.294 e. The Hall–Kier alpha value is -2.38. The molecule has 1 nitrogen and oxygen atoms in total. The molecule has 1 heteroatoms. The van der Waals surface area contributed by atoms with Gasteiger partial charge in [-0.2, -0.15) is 0 Å². The van der Waals surface area contributed by atoms with Crippen LogP contribution in [0.15, 0.2) is 78.9 Å². The van der Waals surface area contributed by atoms with Gasteiger partial charge in [-0.05, 0) is 54.5 Å². The van der Waals surface area contributed by atoms with Crippen LogP contribution in [-0.4, -0.2) is 17.0 Å². The fourth-order valence-electron chi connectivity index (χ4n) is 5.36. The molecule has 0 atom stereocenters. The molecule has 1 saturated carbocycles. The average Bonchev–Trinajstić information content (AvgIpc) is 2.97. The molecule has 2 aliphatic rings. The van der Waals surface area contributed by atoms with E-state index in [0.29, 0.717) is 12.1 Å². The van der Waals surface area contributed by atoms with Crippen molar-refractivity contribution in [3.05, 3.63) is 95.6 Å². The average molecular weight is 354 g/mol. The van der Waals surface area contributed by atoms with Gasteiger partial charge in [0.05, 0.1) is 0 Å². The van der Waals surface area contributed by atoms with Crippen molar-refractivity contribution in [2.75, 3.05) is 0 Å². The summed E-state index contributed by atoms with van der Waals surface area (Å²) in [6.45, 7) is 5.72. The molecule has 0 N–H and O–H groups in total. The van der Waals surface area contributed by atoms with Crippen molar-refractivity contribution in [3.63, 3.8) is 0 Å². The maximum atomic E-state index is 2.70. The number of hydrogen-bond acceptors (Lipinski definition) is 1. The molecule has 3 aromatic rings. The first-order valence-corrected chi connectivity index (χ1v) is 10.2. The van der Waals surface area contributed by atoms with E-state index in [4.69, 9.17) is 0 Å². The first-order chi connectivity index (χ1) is 13.2. The van der Waals surface area contributed by atoms with E-state index in [1.54, 1.807) is 11.1 Å². The van der Waals surface area contributed by atoms with Crippen LogP contribution in [0, 0.1) is 0 Å². The molecule has 0 saturated heterocycles. The van der Waals surface area contributed by atoms with E-state index in [0.717, 1.165) is 6.54 Å². The highest BCUT2D eigenvalue weighted by atomic mass is 15.2. The second-order valence-electron chi connectivity index (χ2n) is 8.49. The first kappa shape index (κ1) is 16.8. The summed E-state index contributed by atoms with van der Waals surface area (Å²) in [5.74, 6) is 0. The fraction of sp³-hybridized carbons (Fsp3) is 0.308. The molecule has 136 valence electrons. The summed E-state index contributed by atoms with van der Waals surface area (Å²) in [6.07, 6.45) is 2.46. The minimum Gasteiger partial charge on any atom is -0.294 e. The summed E-state index contributed by atoms with van der Waals surface area (Å²) in [7, 11) is 0. The summed E-state index contributed by atoms with van der Waals surface area (Å²) in [6, 6.07) is 30.2. The SMILES string of the molecule is CC(C)N(Cc1ccccc1)C1CC2(C1)c1ccccc1-c1ccccc12. The molecule has 0 aliphatic heterocycles. The van der Waals surface area contributed by atoms with Crippen molar-refractivity contribution in [3.8, 4) is 11.1 Å². The van der Waals surface area contributed by atoms with E-state index in [1.807, 2.05) is 0 Å². The van der Waals surface area contributed by atoms with Gasteiger partial charge >= 0.3 is 0 Å². The normalized spacial score (nSPS) is 17.2. The first-order valence-electron chi connectivity index (χ1n) is 10.2. The van der Waals surface area contributed by atoms with Gasteiger partial charge in [0.1, 0.15) is 0 Å². The van der Waals surface area contributed by atoms with E-state index in [1.165, 1.54) is 29.5 Å². The topological polar surface area (TPSA) is 3.24 Å². The fourth-order valence-corrected chi connectivity index (χ4v) is 5.36. The highest BCUT2D eigenvalue weighted by Gasteiger charge is 2.53. The van der Waals surface area contributed by atoms with Gasteiger partial charge in [-0.1, -0.05) is 78.9 Å². The molecule has 0 heterocycles. The Morgan fingerprint density at radius 2 is 1.30 bits per heavy atom. The van der Waals surface area contributed by atoms with Crippen LogP contribution >= 0.6 is 0 Å². The van der Waals surface area contributed by atoms with Gasteiger partial charge in [-0.15, -0.1) is 0 Å². The van der Waals surface area contributed by atoms with Gasteiger partial charge in [0.15, 0.2) is 0 Å². The molecule has 1 fully saturated rings. The van der Waals surface area contributed by atoms with Crippen LogP contribution in [0.5, 0.6) is 0 Å². The van der Waals surface area contributed by atoms with Gasteiger partial charge < -0.3 is 0 Å². The molecule has 0 unspecified atom stereocenters. The van der Waals surface area contributed by atoms with Crippen LogP contribution in [0.25, 0.3) is 11.1 Å². The lowest BCUT2D eigenvalue weighted by molar-refractivity contribution is 0.0435. The Kier molecular flexibility index (Phi) is 3.94. The Morgan fingerprint density at radius 3 is 1.85 bits per heavy atom. The van der Waals surface area contributed by atoms with Crippen molar-refractivity contribution in [2.24, 2.45) is 0 Å². The second kappa shape index (κ2) is 6.35. The van der Waals surface area contributed by atoms with Crippen LogP contribution in [-0.2, 0) is 12.0 Å². The standard InChI is InChI=1S/C26H27N/c1-19(2)27(18-20-10-4-3-5-11-20)21-16-26(17-21)24-14-8-6-12-22(24)23-13-7-9-15-25(23)26/h3-15,19,21H,16-18H2,1-2H3. The number of rotatable bonds is 4. The highest BCUT2D eigenvalue weighted by Crippen LogP contribution is 2.59. The number of fused-ring (bicyclic) bond motifs is 5. The lowest BCUT2D eigenvalue weighted by Crippen LogP contribution is -2.54. The second-order valence-corrected chi connectivity index (χ2v) is 8.49. The van der Waals surface area contributed by atoms with E-state index < -0.39 is 0 Å². The zero-order chi connectivity index (χ0) is 18.4. The number of nitrogens with zero attached hydrogens (tertiary/aromatic N) is 1. The van der Waals surface area contributed by atoms with Crippen molar-refractivity contribution in [2.45, 2.75) is 50.7 Å². The Morgan fingerprint density at radius 1 is 0.778 bits per heavy atom. The van der Waals surface area contributed by atoms with Gasteiger partial charge in [-0.3, -0.25) is 4.90 Å². The summed E-state index contributed by atoms with van der Waals surface area (Å²) in [4.78, 5) is 2.70. The predicted molar refractivity (Wildman–Crippen MR) is 113 cm³/mol. The molecule has 0 amide bonds. The van der Waals surface area contributed by atoms with E-state index in [2.05, 4.69) is 97.6 Å². The van der Waals surface area contributed by atoms with E-state index >= 15 is 0 Å². The maximum absolute atomic E-state index is 2.70. The van der Waals surface area contributed by atoms with E-state index in [9.17, 15) is 0 Å². The number of benzene rings is 3. The summed E-state index contributed by atoms with van der Waals surface area (Å²) in [5, 5.41) is 0. The van der Waals surface area contributed by atoms with Crippen molar-refractivity contribution >= 4 is 0 Å². The van der Waals surface area contributed by atoms with Crippen molar-refractivity contribution in [1.29, 1.82) is 0 Å². The smallest absolute Gasteiger partial charge is 0.0244 e. The molecule has 5 rings (SSSR count). The van der Waals surface area contributed by atoms with Gasteiger partial charge in [0, 0.05) is 24.0 Å². The highest BCUT2D eigenvalue weighted by molar-refractivity contribution is 5.81.